The predicted molar refractivity (Wildman–Crippen MR) is 78.3 cm³/mol. The molecule has 1 unspecified atom stereocenters. The van der Waals surface area contributed by atoms with E-state index < -0.39 is 0 Å². The van der Waals surface area contributed by atoms with Gasteiger partial charge in [-0.25, -0.2) is 4.98 Å². The van der Waals surface area contributed by atoms with Crippen molar-refractivity contribution in [3.63, 3.8) is 0 Å². The monoisotopic (exact) mass is 267 g/mol. The van der Waals surface area contributed by atoms with Crippen LogP contribution in [0.3, 0.4) is 0 Å². The van der Waals surface area contributed by atoms with Crippen molar-refractivity contribution in [2.45, 2.75) is 51.6 Å². The first-order chi connectivity index (χ1) is 8.44. The molecule has 1 aromatic heterocycles. The molecule has 1 aromatic rings. The number of nitrogens with one attached hydrogen (secondary N) is 1. The first-order valence-electron chi connectivity index (χ1n) is 6.79. The van der Waals surface area contributed by atoms with Gasteiger partial charge in [0.1, 0.15) is 0 Å². The van der Waals surface area contributed by atoms with Gasteiger partial charge >= 0.3 is 0 Å². The first kappa shape index (κ1) is 14.0. The Morgan fingerprint density at radius 1 is 1.39 bits per heavy atom. The van der Waals surface area contributed by atoms with Crippen molar-refractivity contribution in [3.05, 3.63) is 15.6 Å². The molecule has 1 aliphatic carbocycles. The van der Waals surface area contributed by atoms with Gasteiger partial charge in [-0.15, -0.1) is 11.3 Å². The summed E-state index contributed by atoms with van der Waals surface area (Å²) in [5.74, 6) is 0. The highest BCUT2D eigenvalue weighted by Gasteiger charge is 2.38. The molecule has 0 saturated heterocycles. The topological polar surface area (TPSA) is 28.2 Å². The molecule has 2 rings (SSSR count). The average molecular weight is 267 g/mol. The third-order valence-corrected chi connectivity index (χ3v) is 5.22. The molecule has 1 N–H and O–H groups in total. The Morgan fingerprint density at radius 3 is 2.44 bits per heavy atom. The van der Waals surface area contributed by atoms with Crippen LogP contribution in [0.5, 0.6) is 0 Å². The van der Waals surface area contributed by atoms with E-state index in [2.05, 4.69) is 50.1 Å². The van der Waals surface area contributed by atoms with Crippen molar-refractivity contribution < 1.29 is 0 Å². The van der Waals surface area contributed by atoms with Crippen LogP contribution in [0.15, 0.2) is 0 Å². The van der Waals surface area contributed by atoms with E-state index in [1.54, 1.807) is 11.3 Å². The molecule has 0 aromatic carbocycles. The quantitative estimate of drug-likeness (QED) is 0.889. The molecule has 4 heteroatoms. The van der Waals surface area contributed by atoms with Gasteiger partial charge in [0.05, 0.1) is 10.7 Å². The van der Waals surface area contributed by atoms with Gasteiger partial charge in [0, 0.05) is 23.0 Å². The van der Waals surface area contributed by atoms with E-state index in [0.717, 1.165) is 6.54 Å². The molecule has 102 valence electrons. The highest BCUT2D eigenvalue weighted by Crippen LogP contribution is 2.36. The lowest BCUT2D eigenvalue weighted by atomic mass is 9.75. The molecule has 1 heterocycles. The number of likely N-dealkylation sites (N-methyl/N-ethyl adjacent to an activating group) is 1. The highest BCUT2D eigenvalue weighted by molar-refractivity contribution is 7.11. The predicted octanol–water partition coefficient (Wildman–Crippen LogP) is 2.89. The van der Waals surface area contributed by atoms with Gasteiger partial charge in [0.25, 0.3) is 0 Å². The summed E-state index contributed by atoms with van der Waals surface area (Å²) >= 11 is 1.80. The Hall–Kier alpha value is -0.450. The lowest BCUT2D eigenvalue weighted by Gasteiger charge is -2.48. The first-order valence-corrected chi connectivity index (χ1v) is 7.61. The normalized spacial score (nSPS) is 19.9. The van der Waals surface area contributed by atoms with Crippen LogP contribution >= 0.6 is 11.3 Å². The van der Waals surface area contributed by atoms with Gasteiger partial charge < -0.3 is 10.2 Å². The zero-order valence-electron chi connectivity index (χ0n) is 12.2. The summed E-state index contributed by atoms with van der Waals surface area (Å²) in [4.78, 5) is 8.37. The number of aromatic nitrogens is 1. The molecule has 0 bridgehead atoms. The van der Waals surface area contributed by atoms with Gasteiger partial charge in [-0.3, -0.25) is 0 Å². The summed E-state index contributed by atoms with van der Waals surface area (Å²) in [5.41, 5.74) is 1.61. The van der Waals surface area contributed by atoms with Crippen LogP contribution in [0.25, 0.3) is 0 Å². The maximum atomic E-state index is 4.64. The number of rotatable bonds is 5. The molecule has 3 nitrogen and oxygen atoms in total. The van der Waals surface area contributed by atoms with Crippen LogP contribution in [-0.2, 0) is 0 Å². The second kappa shape index (κ2) is 5.27. The van der Waals surface area contributed by atoms with Crippen LogP contribution in [0.1, 0.15) is 47.8 Å². The molecule has 0 amide bonds. The van der Waals surface area contributed by atoms with E-state index in [0.29, 0.717) is 11.6 Å². The van der Waals surface area contributed by atoms with Gasteiger partial charge in [-0.2, -0.15) is 0 Å². The van der Waals surface area contributed by atoms with E-state index in [1.165, 1.54) is 34.8 Å². The molecule has 0 aliphatic heterocycles. The fourth-order valence-electron chi connectivity index (χ4n) is 2.75. The number of hydrogen-bond donors (Lipinski definition) is 1. The van der Waals surface area contributed by atoms with Crippen molar-refractivity contribution in [1.82, 2.24) is 15.2 Å². The Balaban J connectivity index is 1.96. The number of hydrogen-bond acceptors (Lipinski definition) is 4. The maximum Gasteiger partial charge on any atom is 0.0900 e. The van der Waals surface area contributed by atoms with Crippen LogP contribution < -0.4 is 5.32 Å². The second-order valence-electron chi connectivity index (χ2n) is 5.75. The van der Waals surface area contributed by atoms with Gasteiger partial charge in [0.2, 0.25) is 0 Å². The molecule has 1 saturated carbocycles. The molecule has 1 atom stereocenters. The number of thiazole rings is 1. The minimum absolute atomic E-state index is 0.354. The van der Waals surface area contributed by atoms with E-state index in [1.807, 2.05) is 0 Å². The van der Waals surface area contributed by atoms with Crippen molar-refractivity contribution in [2.24, 2.45) is 0 Å². The van der Waals surface area contributed by atoms with E-state index in [4.69, 9.17) is 0 Å². The molecule has 1 fully saturated rings. The standard InChI is InChI=1S/C14H25N3S/c1-10(13-11(2)18-12(3)16-13)15-9-14(17(4)5)7-6-8-14/h10,15H,6-9H2,1-5H3. The summed E-state index contributed by atoms with van der Waals surface area (Å²) in [6.45, 7) is 7.55. The van der Waals surface area contributed by atoms with Crippen molar-refractivity contribution >= 4 is 11.3 Å². The van der Waals surface area contributed by atoms with Gasteiger partial charge in [0.15, 0.2) is 0 Å². The second-order valence-corrected chi connectivity index (χ2v) is 7.16. The minimum Gasteiger partial charge on any atom is -0.307 e. The summed E-state index contributed by atoms with van der Waals surface area (Å²) < 4.78 is 0. The van der Waals surface area contributed by atoms with E-state index >= 15 is 0 Å². The molecule has 18 heavy (non-hydrogen) atoms. The third-order valence-electron chi connectivity index (χ3n) is 4.32. The van der Waals surface area contributed by atoms with Crippen molar-refractivity contribution in [2.75, 3.05) is 20.6 Å². The average Bonchev–Trinajstić information content (AvgIpc) is 2.55. The molecule has 0 spiro atoms. The Labute approximate surface area is 115 Å². The largest absolute Gasteiger partial charge is 0.307 e. The van der Waals surface area contributed by atoms with E-state index in [9.17, 15) is 0 Å². The number of aryl methyl sites for hydroxylation is 2. The van der Waals surface area contributed by atoms with E-state index in [-0.39, 0.29) is 0 Å². The summed E-state index contributed by atoms with van der Waals surface area (Å²) in [7, 11) is 4.40. The van der Waals surface area contributed by atoms with Crippen LogP contribution in [0.4, 0.5) is 0 Å². The Bertz CT molecular complexity index is 407. The van der Waals surface area contributed by atoms with Crippen LogP contribution in [0.2, 0.25) is 0 Å². The summed E-state index contributed by atoms with van der Waals surface area (Å²) in [6.07, 6.45) is 3.99. The fraction of sp³-hybridized carbons (Fsp3) is 0.786. The Morgan fingerprint density at radius 2 is 2.06 bits per heavy atom. The zero-order chi connectivity index (χ0) is 13.3. The lowest BCUT2D eigenvalue weighted by molar-refractivity contribution is 0.0575. The fourth-order valence-corrected chi connectivity index (χ4v) is 3.67. The Kier molecular flexibility index (Phi) is 4.09. The molecule has 1 aliphatic rings. The van der Waals surface area contributed by atoms with Crippen molar-refractivity contribution in [3.8, 4) is 0 Å². The molecular weight excluding hydrogens is 242 g/mol. The van der Waals surface area contributed by atoms with Crippen molar-refractivity contribution in [1.29, 1.82) is 0 Å². The van der Waals surface area contributed by atoms with Gasteiger partial charge in [-0.05, 0) is 54.1 Å². The highest BCUT2D eigenvalue weighted by atomic mass is 32.1. The van der Waals surface area contributed by atoms with Gasteiger partial charge in [-0.1, -0.05) is 0 Å². The van der Waals surface area contributed by atoms with Crippen LogP contribution in [0, 0.1) is 13.8 Å². The minimum atomic E-state index is 0.354. The zero-order valence-corrected chi connectivity index (χ0v) is 13.0. The summed E-state index contributed by atoms with van der Waals surface area (Å²) in [6, 6.07) is 0.354. The third kappa shape index (κ3) is 2.60. The smallest absolute Gasteiger partial charge is 0.0900 e. The SMILES string of the molecule is Cc1nc(C(C)NCC2(N(C)C)CCC2)c(C)s1. The summed E-state index contributed by atoms with van der Waals surface area (Å²) in [5, 5.41) is 4.85. The lowest BCUT2D eigenvalue weighted by Crippen LogP contribution is -2.56. The molecule has 0 radical (unpaired) electrons. The number of nitrogens with zero attached hydrogens (tertiary/aromatic N) is 2. The maximum absolute atomic E-state index is 4.64. The molecular formula is C14H25N3S. The van der Waals surface area contributed by atoms with Crippen LogP contribution in [-0.4, -0.2) is 36.1 Å².